The summed E-state index contributed by atoms with van der Waals surface area (Å²) in [6.07, 6.45) is 0.542. The first-order chi connectivity index (χ1) is 17.5. The number of carbonyl (C=O) groups is 1. The molecule has 0 aliphatic carbocycles. The number of benzene rings is 3. The van der Waals surface area contributed by atoms with Crippen LogP contribution < -0.4 is 21.3 Å². The molecule has 0 spiro atoms. The second kappa shape index (κ2) is 9.83. The maximum Gasteiger partial charge on any atom is 0.331 e. The number of hydrogen-bond acceptors (Lipinski definition) is 5. The number of aryl methyl sites for hydroxylation is 2. The summed E-state index contributed by atoms with van der Waals surface area (Å²) in [6, 6.07) is 23.1. The molecule has 1 N–H and O–H groups in total. The molecular formula is C28H25N3O4S. The molecule has 36 heavy (non-hydrogen) atoms. The van der Waals surface area contributed by atoms with E-state index in [0.717, 1.165) is 33.2 Å². The van der Waals surface area contributed by atoms with Crippen LogP contribution in [0.25, 0.3) is 21.0 Å². The molecule has 0 radical (unpaired) electrons. The van der Waals surface area contributed by atoms with Gasteiger partial charge in [0, 0.05) is 20.1 Å². The zero-order valence-corrected chi connectivity index (χ0v) is 20.8. The Kier molecular flexibility index (Phi) is 6.43. The Morgan fingerprint density at radius 1 is 0.972 bits per heavy atom. The fraction of sp³-hybridized carbons (Fsp3) is 0.179. The summed E-state index contributed by atoms with van der Waals surface area (Å²) in [5, 5.41) is 5.47. The lowest BCUT2D eigenvalue weighted by Crippen LogP contribution is -2.39. The standard InChI is InChI=1S/C28H25N3O4S/c1-30-27-23(16-24(36-27)25(32)29-17-18-7-5-11-21(15-18)35-2)26(33)31(28(30)34)14-13-20-10-6-9-19-8-3-4-12-22(19)20/h3-12,15-16H,13-14,17H2,1-2H3,(H,29,32). The molecule has 0 aliphatic heterocycles. The Hall–Kier alpha value is -4.17. The van der Waals surface area contributed by atoms with E-state index in [9.17, 15) is 14.4 Å². The second-order valence-corrected chi connectivity index (χ2v) is 9.58. The number of nitrogens with one attached hydrogen (secondary N) is 1. The van der Waals surface area contributed by atoms with Crippen molar-refractivity contribution in [2.24, 2.45) is 7.05 Å². The lowest BCUT2D eigenvalue weighted by Gasteiger charge is -2.10. The summed E-state index contributed by atoms with van der Waals surface area (Å²) >= 11 is 1.14. The average Bonchev–Trinajstić information content (AvgIpc) is 3.37. The summed E-state index contributed by atoms with van der Waals surface area (Å²) in [7, 11) is 3.22. The lowest BCUT2D eigenvalue weighted by molar-refractivity contribution is 0.0955. The van der Waals surface area contributed by atoms with Gasteiger partial charge in [0.15, 0.2) is 0 Å². The molecule has 0 saturated carbocycles. The Morgan fingerprint density at radius 3 is 2.58 bits per heavy atom. The normalized spacial score (nSPS) is 11.2. The molecule has 0 aliphatic rings. The van der Waals surface area contributed by atoms with Crippen LogP contribution in [0, 0.1) is 0 Å². The molecular weight excluding hydrogens is 474 g/mol. The molecule has 7 nitrogen and oxygen atoms in total. The van der Waals surface area contributed by atoms with Crippen molar-refractivity contribution in [1.29, 1.82) is 0 Å². The van der Waals surface area contributed by atoms with Crippen LogP contribution in [-0.2, 0) is 26.6 Å². The monoisotopic (exact) mass is 499 g/mol. The van der Waals surface area contributed by atoms with Crippen molar-refractivity contribution in [3.8, 4) is 5.75 Å². The zero-order chi connectivity index (χ0) is 25.2. The van der Waals surface area contributed by atoms with Crippen LogP contribution in [0.15, 0.2) is 82.4 Å². The lowest BCUT2D eigenvalue weighted by atomic mass is 10.0. The van der Waals surface area contributed by atoms with Crippen molar-refractivity contribution < 1.29 is 9.53 Å². The van der Waals surface area contributed by atoms with E-state index in [4.69, 9.17) is 4.74 Å². The van der Waals surface area contributed by atoms with Crippen molar-refractivity contribution in [2.45, 2.75) is 19.5 Å². The van der Waals surface area contributed by atoms with Gasteiger partial charge in [-0.1, -0.05) is 54.6 Å². The highest BCUT2D eigenvalue weighted by atomic mass is 32.1. The predicted octanol–water partition coefficient (Wildman–Crippen LogP) is 4.10. The average molecular weight is 500 g/mol. The molecule has 0 atom stereocenters. The van der Waals surface area contributed by atoms with Crippen LogP contribution >= 0.6 is 11.3 Å². The molecule has 1 amide bonds. The smallest absolute Gasteiger partial charge is 0.331 e. The van der Waals surface area contributed by atoms with E-state index < -0.39 is 5.69 Å². The van der Waals surface area contributed by atoms with Crippen molar-refractivity contribution in [2.75, 3.05) is 7.11 Å². The largest absolute Gasteiger partial charge is 0.497 e. The number of rotatable bonds is 7. The Morgan fingerprint density at radius 2 is 1.75 bits per heavy atom. The van der Waals surface area contributed by atoms with Crippen LogP contribution in [0.4, 0.5) is 0 Å². The van der Waals surface area contributed by atoms with E-state index >= 15 is 0 Å². The number of carbonyl (C=O) groups excluding carboxylic acids is 1. The highest BCUT2D eigenvalue weighted by Gasteiger charge is 2.18. The third-order valence-electron chi connectivity index (χ3n) is 6.31. The Labute approximate surface area is 211 Å². The first kappa shape index (κ1) is 23.6. The van der Waals surface area contributed by atoms with Crippen LogP contribution in [0.2, 0.25) is 0 Å². The molecule has 182 valence electrons. The highest BCUT2D eigenvalue weighted by Crippen LogP contribution is 2.23. The van der Waals surface area contributed by atoms with E-state index in [1.54, 1.807) is 20.2 Å². The van der Waals surface area contributed by atoms with E-state index in [0.29, 0.717) is 33.8 Å². The molecule has 5 aromatic rings. The van der Waals surface area contributed by atoms with E-state index in [1.807, 2.05) is 66.7 Å². The first-order valence-corrected chi connectivity index (χ1v) is 12.4. The third-order valence-corrected chi connectivity index (χ3v) is 7.52. The molecule has 0 saturated heterocycles. The van der Waals surface area contributed by atoms with Crippen LogP contribution in [0.1, 0.15) is 20.8 Å². The topological polar surface area (TPSA) is 82.3 Å². The van der Waals surface area contributed by atoms with Gasteiger partial charge < -0.3 is 10.1 Å². The van der Waals surface area contributed by atoms with E-state index in [1.165, 1.54) is 9.13 Å². The molecule has 2 aromatic heterocycles. The molecule has 5 rings (SSSR count). The van der Waals surface area contributed by atoms with Gasteiger partial charge in [-0.3, -0.25) is 18.7 Å². The summed E-state index contributed by atoms with van der Waals surface area (Å²) in [5.74, 6) is 0.413. The van der Waals surface area contributed by atoms with Crippen molar-refractivity contribution in [3.63, 3.8) is 0 Å². The minimum atomic E-state index is -0.391. The van der Waals surface area contributed by atoms with E-state index in [-0.39, 0.29) is 18.0 Å². The molecule has 3 aromatic carbocycles. The number of aromatic nitrogens is 2. The predicted molar refractivity (Wildman–Crippen MR) is 143 cm³/mol. The number of thiophene rings is 1. The molecule has 0 fully saturated rings. The van der Waals surface area contributed by atoms with Gasteiger partial charge in [0.25, 0.3) is 11.5 Å². The van der Waals surface area contributed by atoms with Crippen LogP contribution in [-0.4, -0.2) is 22.2 Å². The van der Waals surface area contributed by atoms with E-state index in [2.05, 4.69) is 5.32 Å². The van der Waals surface area contributed by atoms with Crippen molar-refractivity contribution in [1.82, 2.24) is 14.5 Å². The number of ether oxygens (including phenoxy) is 1. The van der Waals surface area contributed by atoms with Crippen LogP contribution in [0.3, 0.4) is 0 Å². The zero-order valence-electron chi connectivity index (χ0n) is 20.0. The quantitative estimate of drug-likeness (QED) is 0.366. The van der Waals surface area contributed by atoms with Gasteiger partial charge in [-0.2, -0.15) is 0 Å². The van der Waals surface area contributed by atoms with Gasteiger partial charge in [0.1, 0.15) is 10.6 Å². The maximum absolute atomic E-state index is 13.3. The minimum absolute atomic E-state index is 0.253. The van der Waals surface area contributed by atoms with Crippen LogP contribution in [0.5, 0.6) is 5.75 Å². The van der Waals surface area contributed by atoms with Gasteiger partial charge in [0.05, 0.1) is 17.4 Å². The van der Waals surface area contributed by atoms with Gasteiger partial charge in [-0.15, -0.1) is 11.3 Å². The van der Waals surface area contributed by atoms with Gasteiger partial charge in [-0.25, -0.2) is 4.79 Å². The molecule has 0 bridgehead atoms. The molecule has 0 unspecified atom stereocenters. The summed E-state index contributed by atoms with van der Waals surface area (Å²) in [6.45, 7) is 0.571. The van der Waals surface area contributed by atoms with Gasteiger partial charge >= 0.3 is 5.69 Å². The van der Waals surface area contributed by atoms with Crippen molar-refractivity contribution >= 4 is 38.2 Å². The first-order valence-electron chi connectivity index (χ1n) is 11.6. The number of nitrogens with zero attached hydrogens (tertiary/aromatic N) is 2. The summed E-state index contributed by atoms with van der Waals surface area (Å²) < 4.78 is 7.93. The second-order valence-electron chi connectivity index (χ2n) is 8.55. The fourth-order valence-corrected chi connectivity index (χ4v) is 5.41. The number of fused-ring (bicyclic) bond motifs is 2. The molecule has 8 heteroatoms. The Bertz CT molecular complexity index is 1710. The third kappa shape index (κ3) is 4.43. The Balaban J connectivity index is 1.41. The number of methoxy groups -OCH3 is 1. The SMILES string of the molecule is COc1cccc(CNC(=O)c2cc3c(=O)n(CCc4cccc5ccccc45)c(=O)n(C)c3s2)c1. The summed E-state index contributed by atoms with van der Waals surface area (Å²) in [5.41, 5.74) is 1.20. The number of amides is 1. The summed E-state index contributed by atoms with van der Waals surface area (Å²) in [4.78, 5) is 40.0. The van der Waals surface area contributed by atoms with Gasteiger partial charge in [-0.05, 0) is 46.5 Å². The van der Waals surface area contributed by atoms with Gasteiger partial charge in [0.2, 0.25) is 0 Å². The maximum atomic E-state index is 13.3. The number of hydrogen-bond donors (Lipinski definition) is 1. The van der Waals surface area contributed by atoms with Crippen molar-refractivity contribution in [3.05, 3.63) is 110 Å². The molecule has 2 heterocycles. The fourth-order valence-electron chi connectivity index (χ4n) is 4.39. The minimum Gasteiger partial charge on any atom is -0.497 e. The highest BCUT2D eigenvalue weighted by molar-refractivity contribution is 7.20.